The van der Waals surface area contributed by atoms with Crippen molar-refractivity contribution in [1.82, 2.24) is 0 Å². The third-order valence-corrected chi connectivity index (χ3v) is 3.19. The van der Waals surface area contributed by atoms with Gasteiger partial charge in [-0.2, -0.15) is 5.26 Å². The van der Waals surface area contributed by atoms with Crippen LogP contribution in [0.3, 0.4) is 0 Å². The molecule has 0 aliphatic heterocycles. The minimum atomic E-state index is -0.468. The van der Waals surface area contributed by atoms with Crippen LogP contribution in [0.1, 0.15) is 12.5 Å². The van der Waals surface area contributed by atoms with Gasteiger partial charge in [-0.05, 0) is 55.0 Å². The molecule has 2 aromatic carbocycles. The molecule has 5 heteroatoms. The van der Waals surface area contributed by atoms with Crippen molar-refractivity contribution in [2.75, 3.05) is 19.0 Å². The SMILES string of the molecule is CCOc1ccc(NC(=O)C(C#N)=Cc2cccc(OC)c2)cc1. The Morgan fingerprint density at radius 2 is 1.96 bits per heavy atom. The van der Waals surface area contributed by atoms with Crippen LogP contribution in [0.25, 0.3) is 6.08 Å². The number of amides is 1. The number of benzene rings is 2. The molecule has 1 amide bonds. The number of nitrogens with one attached hydrogen (secondary N) is 1. The lowest BCUT2D eigenvalue weighted by molar-refractivity contribution is -0.112. The summed E-state index contributed by atoms with van der Waals surface area (Å²) in [5.41, 5.74) is 1.32. The van der Waals surface area contributed by atoms with Gasteiger partial charge in [-0.25, -0.2) is 0 Å². The summed E-state index contributed by atoms with van der Waals surface area (Å²) in [4.78, 5) is 12.2. The number of carbonyl (C=O) groups excluding carboxylic acids is 1. The zero-order chi connectivity index (χ0) is 17.4. The maximum absolute atomic E-state index is 12.2. The molecule has 0 heterocycles. The average Bonchev–Trinajstić information content (AvgIpc) is 2.61. The summed E-state index contributed by atoms with van der Waals surface area (Å²) in [6, 6.07) is 16.0. The van der Waals surface area contributed by atoms with Crippen molar-refractivity contribution in [1.29, 1.82) is 5.26 Å². The van der Waals surface area contributed by atoms with E-state index in [1.165, 1.54) is 6.08 Å². The number of rotatable bonds is 6. The first-order valence-corrected chi connectivity index (χ1v) is 7.46. The number of nitrogens with zero attached hydrogens (tertiary/aromatic N) is 1. The van der Waals surface area contributed by atoms with Crippen molar-refractivity contribution >= 4 is 17.7 Å². The molecular formula is C19H18N2O3. The fourth-order valence-electron chi connectivity index (χ4n) is 2.05. The maximum atomic E-state index is 12.2. The Morgan fingerprint density at radius 3 is 2.58 bits per heavy atom. The van der Waals surface area contributed by atoms with Crippen LogP contribution in [-0.4, -0.2) is 19.6 Å². The predicted octanol–water partition coefficient (Wildman–Crippen LogP) is 3.64. The molecule has 0 aliphatic rings. The van der Waals surface area contributed by atoms with Gasteiger partial charge in [0.25, 0.3) is 5.91 Å². The Bertz CT molecular complexity index is 774. The average molecular weight is 322 g/mol. The molecule has 0 fully saturated rings. The van der Waals surface area contributed by atoms with Gasteiger partial charge in [0.15, 0.2) is 0 Å². The molecule has 0 saturated heterocycles. The van der Waals surface area contributed by atoms with Crippen molar-refractivity contribution in [3.63, 3.8) is 0 Å². The molecule has 0 unspecified atom stereocenters. The summed E-state index contributed by atoms with van der Waals surface area (Å²) in [6.45, 7) is 2.48. The standard InChI is InChI=1S/C19H18N2O3/c1-3-24-17-9-7-16(8-10-17)21-19(22)15(13-20)11-14-5-4-6-18(12-14)23-2/h4-12H,3H2,1-2H3,(H,21,22). The summed E-state index contributed by atoms with van der Waals surface area (Å²) >= 11 is 0. The lowest BCUT2D eigenvalue weighted by Crippen LogP contribution is -2.13. The Balaban J connectivity index is 2.13. The van der Waals surface area contributed by atoms with Gasteiger partial charge in [0.1, 0.15) is 23.1 Å². The molecule has 0 radical (unpaired) electrons. The first kappa shape index (κ1) is 17.1. The van der Waals surface area contributed by atoms with Crippen molar-refractivity contribution in [3.05, 3.63) is 59.7 Å². The van der Waals surface area contributed by atoms with Crippen LogP contribution >= 0.6 is 0 Å². The van der Waals surface area contributed by atoms with Crippen molar-refractivity contribution < 1.29 is 14.3 Å². The van der Waals surface area contributed by atoms with Gasteiger partial charge in [0.2, 0.25) is 0 Å². The molecule has 2 aromatic rings. The largest absolute Gasteiger partial charge is 0.497 e. The number of nitriles is 1. The predicted molar refractivity (Wildman–Crippen MR) is 92.8 cm³/mol. The second-order valence-corrected chi connectivity index (χ2v) is 4.86. The van der Waals surface area contributed by atoms with Gasteiger partial charge in [-0.15, -0.1) is 0 Å². The lowest BCUT2D eigenvalue weighted by atomic mass is 10.1. The van der Waals surface area contributed by atoms with E-state index in [1.807, 2.05) is 13.0 Å². The monoisotopic (exact) mass is 322 g/mol. The molecule has 0 atom stereocenters. The third kappa shape index (κ3) is 4.62. The summed E-state index contributed by atoms with van der Waals surface area (Å²) < 4.78 is 10.5. The second kappa shape index (κ2) is 8.39. The molecule has 0 spiro atoms. The number of ether oxygens (including phenoxy) is 2. The molecule has 0 saturated carbocycles. The summed E-state index contributed by atoms with van der Waals surface area (Å²) in [6.07, 6.45) is 1.52. The van der Waals surface area contributed by atoms with E-state index in [0.717, 1.165) is 5.75 Å². The summed E-state index contributed by atoms with van der Waals surface area (Å²) in [5, 5.41) is 11.9. The maximum Gasteiger partial charge on any atom is 0.266 e. The van der Waals surface area contributed by atoms with Crippen LogP contribution < -0.4 is 14.8 Å². The van der Waals surface area contributed by atoms with E-state index in [9.17, 15) is 10.1 Å². The molecule has 0 bridgehead atoms. The number of methoxy groups -OCH3 is 1. The molecule has 1 N–H and O–H groups in total. The van der Waals surface area contributed by atoms with E-state index < -0.39 is 5.91 Å². The normalized spacial score (nSPS) is 10.6. The summed E-state index contributed by atoms with van der Waals surface area (Å²) in [5.74, 6) is 0.917. The minimum absolute atomic E-state index is 0.0112. The van der Waals surface area contributed by atoms with Gasteiger partial charge in [0.05, 0.1) is 13.7 Å². The van der Waals surface area contributed by atoms with Crippen LogP contribution in [0.15, 0.2) is 54.1 Å². The highest BCUT2D eigenvalue weighted by atomic mass is 16.5. The molecule has 0 aromatic heterocycles. The molecule has 2 rings (SSSR count). The Hall–Kier alpha value is -3.26. The van der Waals surface area contributed by atoms with Crippen molar-refractivity contribution in [3.8, 4) is 17.6 Å². The fraction of sp³-hybridized carbons (Fsp3) is 0.158. The molecule has 122 valence electrons. The van der Waals surface area contributed by atoms with Crippen LogP contribution in [0.5, 0.6) is 11.5 Å². The van der Waals surface area contributed by atoms with Gasteiger partial charge in [0, 0.05) is 5.69 Å². The van der Waals surface area contributed by atoms with E-state index in [4.69, 9.17) is 9.47 Å². The van der Waals surface area contributed by atoms with Crippen molar-refractivity contribution in [2.45, 2.75) is 6.92 Å². The smallest absolute Gasteiger partial charge is 0.266 e. The fourth-order valence-corrected chi connectivity index (χ4v) is 2.05. The zero-order valence-corrected chi connectivity index (χ0v) is 13.6. The Labute approximate surface area is 141 Å². The molecular weight excluding hydrogens is 304 g/mol. The number of hydrogen-bond donors (Lipinski definition) is 1. The first-order chi connectivity index (χ1) is 11.7. The topological polar surface area (TPSA) is 71.3 Å². The van der Waals surface area contributed by atoms with Crippen LogP contribution in [0.2, 0.25) is 0 Å². The molecule has 5 nitrogen and oxygen atoms in total. The van der Waals surface area contributed by atoms with Gasteiger partial charge in [-0.3, -0.25) is 4.79 Å². The molecule has 24 heavy (non-hydrogen) atoms. The first-order valence-electron chi connectivity index (χ1n) is 7.46. The Kier molecular flexibility index (Phi) is 5.98. The van der Waals surface area contributed by atoms with E-state index in [0.29, 0.717) is 23.6 Å². The highest BCUT2D eigenvalue weighted by Gasteiger charge is 2.10. The van der Waals surface area contributed by atoms with Gasteiger partial charge in [-0.1, -0.05) is 12.1 Å². The quantitative estimate of drug-likeness (QED) is 0.651. The highest BCUT2D eigenvalue weighted by Crippen LogP contribution is 2.18. The number of hydrogen-bond acceptors (Lipinski definition) is 4. The van der Waals surface area contributed by atoms with E-state index in [-0.39, 0.29) is 5.57 Å². The van der Waals surface area contributed by atoms with Crippen LogP contribution in [0.4, 0.5) is 5.69 Å². The van der Waals surface area contributed by atoms with E-state index in [2.05, 4.69) is 5.32 Å². The van der Waals surface area contributed by atoms with Gasteiger partial charge >= 0.3 is 0 Å². The third-order valence-electron chi connectivity index (χ3n) is 3.19. The van der Waals surface area contributed by atoms with Crippen LogP contribution in [0, 0.1) is 11.3 Å². The van der Waals surface area contributed by atoms with Crippen LogP contribution in [-0.2, 0) is 4.79 Å². The lowest BCUT2D eigenvalue weighted by Gasteiger charge is -2.07. The Morgan fingerprint density at radius 1 is 1.21 bits per heavy atom. The van der Waals surface area contributed by atoms with E-state index in [1.54, 1.807) is 55.6 Å². The zero-order valence-electron chi connectivity index (χ0n) is 13.6. The van der Waals surface area contributed by atoms with Crippen molar-refractivity contribution in [2.24, 2.45) is 0 Å². The van der Waals surface area contributed by atoms with E-state index >= 15 is 0 Å². The van der Waals surface area contributed by atoms with Gasteiger partial charge < -0.3 is 14.8 Å². The highest BCUT2D eigenvalue weighted by molar-refractivity contribution is 6.09. The minimum Gasteiger partial charge on any atom is -0.497 e. The number of anilines is 1. The number of carbonyl (C=O) groups is 1. The summed E-state index contributed by atoms with van der Waals surface area (Å²) in [7, 11) is 1.56. The molecule has 0 aliphatic carbocycles. The second-order valence-electron chi connectivity index (χ2n) is 4.86.